The van der Waals surface area contributed by atoms with Crippen LogP contribution in [0, 0.1) is 0 Å². The summed E-state index contributed by atoms with van der Waals surface area (Å²) in [6.07, 6.45) is 2.41. The molecule has 5 heteroatoms. The summed E-state index contributed by atoms with van der Waals surface area (Å²) in [5.41, 5.74) is 1.34. The van der Waals surface area contributed by atoms with Gasteiger partial charge in [0.25, 0.3) is 0 Å². The fraction of sp³-hybridized carbons (Fsp3) is 0.625. The second kappa shape index (κ2) is 7.38. The predicted molar refractivity (Wildman–Crippen MR) is 87.1 cm³/mol. The van der Waals surface area contributed by atoms with Crippen molar-refractivity contribution in [1.29, 1.82) is 0 Å². The molecule has 1 aliphatic heterocycles. The van der Waals surface area contributed by atoms with E-state index in [1.807, 2.05) is 6.07 Å². The minimum atomic E-state index is -2.87. The highest BCUT2D eigenvalue weighted by molar-refractivity contribution is 7.90. The maximum atomic E-state index is 11.3. The SMILES string of the molecule is C[C@H]1CCN(CCS(C)(=O)=O)CCN1Cc1ccccc1. The Morgan fingerprint density at radius 2 is 1.86 bits per heavy atom. The van der Waals surface area contributed by atoms with Crippen molar-refractivity contribution in [2.75, 3.05) is 38.2 Å². The fourth-order valence-electron chi connectivity index (χ4n) is 2.73. The molecule has 1 saturated heterocycles. The van der Waals surface area contributed by atoms with E-state index in [1.165, 1.54) is 11.8 Å². The number of hydrogen-bond donors (Lipinski definition) is 0. The largest absolute Gasteiger partial charge is 0.301 e. The number of nitrogens with zero attached hydrogens (tertiary/aromatic N) is 2. The fourth-order valence-corrected chi connectivity index (χ4v) is 3.32. The zero-order chi connectivity index (χ0) is 15.3. The first-order valence-electron chi connectivity index (χ1n) is 7.62. The molecule has 0 N–H and O–H groups in total. The predicted octanol–water partition coefficient (Wildman–Crippen LogP) is 1.63. The van der Waals surface area contributed by atoms with Crippen LogP contribution in [0.25, 0.3) is 0 Å². The summed E-state index contributed by atoms with van der Waals surface area (Å²) in [5.74, 6) is 0.264. The van der Waals surface area contributed by atoms with Crippen LogP contribution in [0.5, 0.6) is 0 Å². The molecule has 4 nitrogen and oxygen atoms in total. The quantitative estimate of drug-likeness (QED) is 0.829. The van der Waals surface area contributed by atoms with Gasteiger partial charge in [0.1, 0.15) is 9.84 Å². The summed E-state index contributed by atoms with van der Waals surface area (Å²) < 4.78 is 22.6. The van der Waals surface area contributed by atoms with Gasteiger partial charge in [-0.05, 0) is 25.5 Å². The lowest BCUT2D eigenvalue weighted by molar-refractivity contribution is 0.206. The minimum Gasteiger partial charge on any atom is -0.301 e. The highest BCUT2D eigenvalue weighted by atomic mass is 32.2. The average molecular weight is 310 g/mol. The van der Waals surface area contributed by atoms with Gasteiger partial charge in [0, 0.05) is 38.5 Å². The molecule has 21 heavy (non-hydrogen) atoms. The molecule has 0 spiro atoms. The first kappa shape index (κ1) is 16.5. The van der Waals surface area contributed by atoms with Gasteiger partial charge in [-0.15, -0.1) is 0 Å². The second-order valence-corrected chi connectivity index (χ2v) is 8.33. The van der Waals surface area contributed by atoms with Crippen LogP contribution in [-0.2, 0) is 16.4 Å². The molecule has 0 radical (unpaired) electrons. The molecular weight excluding hydrogens is 284 g/mol. The summed E-state index contributed by atoms with van der Waals surface area (Å²) in [4.78, 5) is 4.78. The Labute approximate surface area is 128 Å². The maximum Gasteiger partial charge on any atom is 0.148 e. The van der Waals surface area contributed by atoms with E-state index in [2.05, 4.69) is 41.0 Å². The molecule has 0 unspecified atom stereocenters. The first-order chi connectivity index (χ1) is 9.94. The Kier molecular flexibility index (Phi) is 5.79. The van der Waals surface area contributed by atoms with E-state index in [9.17, 15) is 8.42 Å². The zero-order valence-electron chi connectivity index (χ0n) is 13.0. The van der Waals surface area contributed by atoms with Crippen LogP contribution in [0.3, 0.4) is 0 Å². The summed E-state index contributed by atoms with van der Waals surface area (Å²) in [5, 5.41) is 0. The third-order valence-corrected chi connectivity index (χ3v) is 5.12. The van der Waals surface area contributed by atoms with Gasteiger partial charge in [-0.2, -0.15) is 0 Å². The van der Waals surface area contributed by atoms with Gasteiger partial charge in [-0.3, -0.25) is 4.90 Å². The van der Waals surface area contributed by atoms with Crippen molar-refractivity contribution in [3.8, 4) is 0 Å². The van der Waals surface area contributed by atoms with Crippen LogP contribution in [0.15, 0.2) is 30.3 Å². The van der Waals surface area contributed by atoms with Crippen LogP contribution >= 0.6 is 0 Å². The summed E-state index contributed by atoms with van der Waals surface area (Å²) in [6.45, 7) is 6.84. The van der Waals surface area contributed by atoms with Crippen molar-refractivity contribution in [3.05, 3.63) is 35.9 Å². The Balaban J connectivity index is 1.88. The molecule has 0 saturated carbocycles. The van der Waals surface area contributed by atoms with Crippen LogP contribution < -0.4 is 0 Å². The van der Waals surface area contributed by atoms with E-state index < -0.39 is 9.84 Å². The first-order valence-corrected chi connectivity index (χ1v) is 9.68. The number of rotatable bonds is 5. The minimum absolute atomic E-state index is 0.264. The summed E-state index contributed by atoms with van der Waals surface area (Å²) >= 11 is 0. The van der Waals surface area contributed by atoms with Crippen molar-refractivity contribution >= 4 is 9.84 Å². The molecule has 0 bridgehead atoms. The van der Waals surface area contributed by atoms with Gasteiger partial charge in [0.2, 0.25) is 0 Å². The van der Waals surface area contributed by atoms with Crippen molar-refractivity contribution in [1.82, 2.24) is 9.80 Å². The molecule has 0 aromatic heterocycles. The monoisotopic (exact) mass is 310 g/mol. The molecule has 0 amide bonds. The molecular formula is C16H26N2O2S. The van der Waals surface area contributed by atoms with Crippen LogP contribution in [0.4, 0.5) is 0 Å². The third kappa shape index (κ3) is 5.77. The third-order valence-electron chi connectivity index (χ3n) is 4.20. The van der Waals surface area contributed by atoms with Gasteiger partial charge in [0.05, 0.1) is 5.75 Å². The molecule has 2 rings (SSSR count). The zero-order valence-corrected chi connectivity index (χ0v) is 13.8. The maximum absolute atomic E-state index is 11.3. The second-order valence-electron chi connectivity index (χ2n) is 6.07. The smallest absolute Gasteiger partial charge is 0.148 e. The highest BCUT2D eigenvalue weighted by Gasteiger charge is 2.21. The van der Waals surface area contributed by atoms with E-state index in [4.69, 9.17) is 0 Å². The lowest BCUT2D eigenvalue weighted by atomic mass is 10.1. The average Bonchev–Trinajstić information content (AvgIpc) is 2.60. The Hall–Kier alpha value is -0.910. The van der Waals surface area contributed by atoms with Crippen molar-refractivity contribution in [3.63, 3.8) is 0 Å². The van der Waals surface area contributed by atoms with E-state index >= 15 is 0 Å². The molecule has 1 fully saturated rings. The lowest BCUT2D eigenvalue weighted by Crippen LogP contribution is -2.35. The number of benzene rings is 1. The molecule has 0 aliphatic carbocycles. The van der Waals surface area contributed by atoms with E-state index in [1.54, 1.807) is 0 Å². The summed E-state index contributed by atoms with van der Waals surface area (Å²) in [7, 11) is -2.87. The molecule has 1 heterocycles. The lowest BCUT2D eigenvalue weighted by Gasteiger charge is -2.26. The van der Waals surface area contributed by atoms with Gasteiger partial charge < -0.3 is 4.90 Å². The Morgan fingerprint density at radius 1 is 1.14 bits per heavy atom. The topological polar surface area (TPSA) is 40.6 Å². The van der Waals surface area contributed by atoms with E-state index in [0.29, 0.717) is 12.6 Å². The Bertz CT molecular complexity index is 530. The van der Waals surface area contributed by atoms with Gasteiger partial charge in [-0.1, -0.05) is 30.3 Å². The van der Waals surface area contributed by atoms with Crippen molar-refractivity contribution in [2.24, 2.45) is 0 Å². The van der Waals surface area contributed by atoms with Crippen LogP contribution in [-0.4, -0.2) is 62.4 Å². The van der Waals surface area contributed by atoms with Crippen LogP contribution in [0.1, 0.15) is 18.9 Å². The van der Waals surface area contributed by atoms with E-state index in [-0.39, 0.29) is 5.75 Å². The molecule has 118 valence electrons. The van der Waals surface area contributed by atoms with Crippen molar-refractivity contribution in [2.45, 2.75) is 25.9 Å². The normalized spacial score (nSPS) is 22.1. The number of sulfone groups is 1. The highest BCUT2D eigenvalue weighted by Crippen LogP contribution is 2.14. The van der Waals surface area contributed by atoms with Gasteiger partial charge in [-0.25, -0.2) is 8.42 Å². The van der Waals surface area contributed by atoms with Gasteiger partial charge in [0.15, 0.2) is 0 Å². The Morgan fingerprint density at radius 3 is 2.52 bits per heavy atom. The van der Waals surface area contributed by atoms with Crippen LogP contribution in [0.2, 0.25) is 0 Å². The molecule has 1 aromatic carbocycles. The standard InChI is InChI=1S/C16H26N2O2S/c1-15-8-9-17(12-13-21(2,19)20)10-11-18(15)14-16-6-4-3-5-7-16/h3-7,15H,8-14H2,1-2H3/t15-/m0/s1. The van der Waals surface area contributed by atoms with Gasteiger partial charge >= 0.3 is 0 Å². The molecule has 1 aliphatic rings. The molecule has 1 atom stereocenters. The van der Waals surface area contributed by atoms with Crippen molar-refractivity contribution < 1.29 is 8.42 Å². The number of hydrogen-bond acceptors (Lipinski definition) is 4. The van der Waals surface area contributed by atoms with E-state index in [0.717, 1.165) is 32.6 Å². The molecule has 1 aromatic rings. The summed E-state index contributed by atoms with van der Waals surface area (Å²) in [6, 6.07) is 11.1.